The third-order valence-electron chi connectivity index (χ3n) is 19.8. The van der Waals surface area contributed by atoms with E-state index in [4.69, 9.17) is 9.05 Å². The Hall–Kier alpha value is -0.760. The number of phosphoric acid groups is 1. The molecule has 0 rings (SSSR count). The molecule has 0 spiro atoms. The van der Waals surface area contributed by atoms with E-state index in [0.717, 1.165) is 38.5 Å². The molecule has 0 aromatic rings. The smallest absolute Gasteiger partial charge is 0.391 e. The summed E-state index contributed by atoms with van der Waals surface area (Å²) in [7, 11) is 1.64. The van der Waals surface area contributed by atoms with E-state index in [1.807, 2.05) is 21.1 Å². The summed E-state index contributed by atoms with van der Waals surface area (Å²) in [6, 6.07) is -0.759. The Morgan fingerprint density at radius 3 is 0.846 bits per heavy atom. The van der Waals surface area contributed by atoms with Crippen LogP contribution in [0.4, 0.5) is 0 Å². The van der Waals surface area contributed by atoms with E-state index < -0.39 is 20.0 Å². The molecule has 0 heterocycles. The zero-order valence-electron chi connectivity index (χ0n) is 62.6. The van der Waals surface area contributed by atoms with Crippen LogP contribution in [0, 0.1) is 0 Å². The predicted octanol–water partition coefficient (Wildman–Crippen LogP) is 27.2. The summed E-state index contributed by atoms with van der Waals surface area (Å²) < 4.78 is 24.0. The summed E-state index contributed by atoms with van der Waals surface area (Å²) in [5, 5.41) is 14.2. The number of amides is 1. The second-order valence-electron chi connectivity index (χ2n) is 30.2. The number of unbranched alkanes of at least 4 members (excludes halogenated alkanes) is 64. The number of likely N-dealkylation sites (N-methyl/N-ethyl adjacent to an activating group) is 1. The number of aliphatic hydroxyl groups is 1. The molecule has 3 atom stereocenters. The van der Waals surface area contributed by atoms with Gasteiger partial charge in [0.25, 0.3) is 0 Å². The monoisotopic (exact) mass is 1310 g/mol. The number of phosphoric ester groups is 1. The number of nitrogens with zero attached hydrogens (tertiary/aromatic N) is 1. The molecule has 0 aromatic carbocycles. The van der Waals surface area contributed by atoms with Crippen molar-refractivity contribution in [2.45, 2.75) is 469 Å². The van der Waals surface area contributed by atoms with Crippen LogP contribution in [0.25, 0.3) is 0 Å². The van der Waals surface area contributed by atoms with Crippen LogP contribution in [0.15, 0.2) is 12.2 Å². The van der Waals surface area contributed by atoms with Gasteiger partial charge in [0.2, 0.25) is 5.91 Å². The van der Waals surface area contributed by atoms with Crippen molar-refractivity contribution in [1.82, 2.24) is 5.32 Å². The van der Waals surface area contributed by atoms with E-state index >= 15 is 0 Å². The molecule has 8 nitrogen and oxygen atoms in total. The molecule has 0 bridgehead atoms. The van der Waals surface area contributed by atoms with Crippen LogP contribution < -0.4 is 5.32 Å². The van der Waals surface area contributed by atoms with Crippen LogP contribution in [0.3, 0.4) is 0 Å². The summed E-state index contributed by atoms with van der Waals surface area (Å²) in [6.45, 7) is 4.97. The first-order valence-electron chi connectivity index (χ1n) is 41.6. The lowest BCUT2D eigenvalue weighted by Crippen LogP contribution is -2.46. The van der Waals surface area contributed by atoms with Gasteiger partial charge in [0, 0.05) is 6.42 Å². The topological polar surface area (TPSA) is 105 Å². The molecule has 0 radical (unpaired) electrons. The largest absolute Gasteiger partial charge is 0.472 e. The maximum atomic E-state index is 13.1. The zero-order chi connectivity index (χ0) is 66.2. The predicted molar refractivity (Wildman–Crippen MR) is 402 cm³/mol. The third-order valence-corrected chi connectivity index (χ3v) is 20.7. The van der Waals surface area contributed by atoms with Gasteiger partial charge in [-0.1, -0.05) is 424 Å². The molecule has 0 aliphatic rings. The molecule has 0 fully saturated rings. The summed E-state index contributed by atoms with van der Waals surface area (Å²) in [5.74, 6) is -0.132. The Labute approximate surface area is 571 Å². The number of rotatable bonds is 79. The third kappa shape index (κ3) is 76.5. The summed E-state index contributed by atoms with van der Waals surface area (Å²) in [5.41, 5.74) is 0. The van der Waals surface area contributed by atoms with Gasteiger partial charge in [-0.2, -0.15) is 0 Å². The molecule has 3 N–H and O–H groups in total. The van der Waals surface area contributed by atoms with Gasteiger partial charge >= 0.3 is 7.82 Å². The normalized spacial score (nSPS) is 13.4. The van der Waals surface area contributed by atoms with Crippen molar-refractivity contribution in [3.8, 4) is 0 Å². The van der Waals surface area contributed by atoms with Crippen molar-refractivity contribution in [1.29, 1.82) is 0 Å². The average Bonchev–Trinajstić information content (AvgIpc) is 3.59. The van der Waals surface area contributed by atoms with Crippen molar-refractivity contribution >= 4 is 13.7 Å². The van der Waals surface area contributed by atoms with Gasteiger partial charge in [-0.25, -0.2) is 4.57 Å². The molecule has 0 aromatic heterocycles. The number of aliphatic hydroxyl groups excluding tert-OH is 1. The second kappa shape index (κ2) is 73.5. The van der Waals surface area contributed by atoms with Crippen LogP contribution >= 0.6 is 7.82 Å². The molecular weight excluding hydrogens is 1140 g/mol. The number of carbonyl (C=O) groups is 1. The Kier molecular flexibility index (Phi) is 72.9. The van der Waals surface area contributed by atoms with Crippen LogP contribution in [-0.4, -0.2) is 73.4 Å². The quantitative estimate of drug-likeness (QED) is 0.0243. The Morgan fingerprint density at radius 2 is 0.593 bits per heavy atom. The Morgan fingerprint density at radius 1 is 0.363 bits per heavy atom. The number of carbonyl (C=O) groups excluding carboxylic acids is 1. The van der Waals surface area contributed by atoms with Gasteiger partial charge in [0.1, 0.15) is 13.2 Å². The number of hydrogen-bond donors (Lipinski definition) is 3. The first kappa shape index (κ1) is 90.2. The van der Waals surface area contributed by atoms with Gasteiger partial charge in [-0.05, 0) is 38.5 Å². The van der Waals surface area contributed by atoms with Gasteiger partial charge in [-0.3, -0.25) is 13.8 Å². The maximum absolute atomic E-state index is 13.1. The number of hydrogen-bond acceptors (Lipinski definition) is 5. The summed E-state index contributed by atoms with van der Waals surface area (Å²) >= 11 is 0. The molecule has 0 aliphatic heterocycles. The lowest BCUT2D eigenvalue weighted by Gasteiger charge is -2.26. The minimum absolute atomic E-state index is 0.0790. The fraction of sp³-hybridized carbons (Fsp3) is 0.963. The standard InChI is InChI=1S/C82H165N2O6P/c1-6-8-10-12-14-16-18-20-22-24-26-28-30-32-34-36-37-38-39-40-41-42-43-44-45-46-47-48-50-52-54-56-58-60-62-64-66-68-70-72-74-76-82(86)83-80(79-90-91(87,88)89-78-77-84(3,4)5)81(85)75-73-71-69-67-65-63-61-59-57-55-53-51-49-35-33-31-29-27-25-23-21-19-17-15-13-11-9-7-2/h24,26,80-81,85H,6-23,25,27-79H2,1-5H3,(H-,83,86,87,88)/p+1/b26-24-. The van der Waals surface area contributed by atoms with Crippen LogP contribution in [0.1, 0.15) is 457 Å². The molecule has 544 valence electrons. The van der Waals surface area contributed by atoms with E-state index in [0.29, 0.717) is 23.9 Å². The lowest BCUT2D eigenvalue weighted by atomic mass is 10.0. The van der Waals surface area contributed by atoms with Crippen LogP contribution in [0.5, 0.6) is 0 Å². The molecule has 0 aliphatic carbocycles. The highest BCUT2D eigenvalue weighted by atomic mass is 31.2. The minimum atomic E-state index is -4.33. The number of allylic oxidation sites excluding steroid dienone is 2. The van der Waals surface area contributed by atoms with E-state index in [2.05, 4.69) is 31.3 Å². The highest BCUT2D eigenvalue weighted by Crippen LogP contribution is 2.43. The van der Waals surface area contributed by atoms with Gasteiger partial charge < -0.3 is 19.8 Å². The van der Waals surface area contributed by atoms with Gasteiger partial charge in [0.05, 0.1) is 39.9 Å². The molecular formula is C82H166N2O6P+. The van der Waals surface area contributed by atoms with Crippen molar-refractivity contribution in [3.63, 3.8) is 0 Å². The van der Waals surface area contributed by atoms with Gasteiger partial charge in [-0.15, -0.1) is 0 Å². The minimum Gasteiger partial charge on any atom is -0.391 e. The van der Waals surface area contributed by atoms with Gasteiger partial charge in [0.15, 0.2) is 0 Å². The first-order valence-corrected chi connectivity index (χ1v) is 43.0. The van der Waals surface area contributed by atoms with Crippen LogP contribution in [0.2, 0.25) is 0 Å². The van der Waals surface area contributed by atoms with Crippen LogP contribution in [-0.2, 0) is 18.4 Å². The van der Waals surface area contributed by atoms with E-state index in [1.54, 1.807) is 0 Å². The maximum Gasteiger partial charge on any atom is 0.472 e. The highest BCUT2D eigenvalue weighted by molar-refractivity contribution is 7.47. The van der Waals surface area contributed by atoms with Crippen molar-refractivity contribution in [2.75, 3.05) is 40.9 Å². The van der Waals surface area contributed by atoms with Crippen molar-refractivity contribution in [2.24, 2.45) is 0 Å². The lowest BCUT2D eigenvalue weighted by molar-refractivity contribution is -0.870. The number of quaternary nitrogens is 1. The fourth-order valence-electron chi connectivity index (χ4n) is 13.3. The second-order valence-corrected chi connectivity index (χ2v) is 31.7. The highest BCUT2D eigenvalue weighted by Gasteiger charge is 2.28. The Bertz CT molecular complexity index is 1490. The van der Waals surface area contributed by atoms with E-state index in [1.165, 1.54) is 392 Å². The zero-order valence-corrected chi connectivity index (χ0v) is 63.5. The molecule has 9 heteroatoms. The van der Waals surface area contributed by atoms with Crippen molar-refractivity contribution in [3.05, 3.63) is 12.2 Å². The molecule has 3 unspecified atom stereocenters. The Balaban J connectivity index is 3.85. The van der Waals surface area contributed by atoms with Crippen molar-refractivity contribution < 1.29 is 32.9 Å². The molecule has 0 saturated heterocycles. The molecule has 1 amide bonds. The summed E-state index contributed by atoms with van der Waals surface area (Å²) in [6.07, 6.45) is 96.7. The average molecular weight is 1310 g/mol. The SMILES string of the molecule is CCCCCCCCCC/C=C\CCCCCCCCCCCCCCCCCCCCCCCCCCCCCCCC(=O)NC(COP(=O)(O)OCC[N+](C)(C)C)C(O)CCCCCCCCCCCCCCCCCCCCCCCCCCCCCC. The van der Waals surface area contributed by atoms with E-state index in [-0.39, 0.29) is 19.1 Å². The molecule has 91 heavy (non-hydrogen) atoms. The first-order chi connectivity index (χ1) is 44.5. The summed E-state index contributed by atoms with van der Waals surface area (Å²) in [4.78, 5) is 23.5. The fourth-order valence-corrected chi connectivity index (χ4v) is 14.1. The molecule has 0 saturated carbocycles. The number of nitrogens with one attached hydrogen (secondary N) is 1. The van der Waals surface area contributed by atoms with E-state index in [9.17, 15) is 19.4 Å².